The van der Waals surface area contributed by atoms with Crippen LogP contribution in [0.15, 0.2) is 70.3 Å². The van der Waals surface area contributed by atoms with Crippen molar-refractivity contribution >= 4 is 29.3 Å². The molecule has 1 fully saturated rings. The second kappa shape index (κ2) is 13.8. The van der Waals surface area contributed by atoms with Crippen LogP contribution in [0.25, 0.3) is 5.57 Å². The number of piperidine rings is 1. The lowest BCUT2D eigenvalue weighted by Gasteiger charge is -2.24. The first kappa shape index (κ1) is 24.9. The molecule has 0 bridgehead atoms. The average molecular weight is 435 g/mol. The van der Waals surface area contributed by atoms with Crippen LogP contribution in [0.4, 0.5) is 5.95 Å². The number of nitrogens with zero attached hydrogens (tertiary/aromatic N) is 5. The van der Waals surface area contributed by atoms with Crippen molar-refractivity contribution in [3.8, 4) is 0 Å². The Morgan fingerprint density at radius 1 is 1.19 bits per heavy atom. The lowest BCUT2D eigenvalue weighted by atomic mass is 10.1. The third kappa shape index (κ3) is 9.18. The molecule has 0 amide bonds. The summed E-state index contributed by atoms with van der Waals surface area (Å²) in [6, 6.07) is 0.467. The molecular formula is C24H34N8. The molecule has 0 saturated carbocycles. The van der Waals surface area contributed by atoms with E-state index in [-0.39, 0.29) is 0 Å². The zero-order valence-electron chi connectivity index (χ0n) is 19.5. The fourth-order valence-corrected chi connectivity index (χ4v) is 2.87. The topological polar surface area (TPSA) is 99.0 Å². The van der Waals surface area contributed by atoms with E-state index in [0.29, 0.717) is 17.7 Å². The fraction of sp³-hybridized carbons (Fsp3) is 0.375. The van der Waals surface area contributed by atoms with Crippen molar-refractivity contribution in [2.45, 2.75) is 39.7 Å². The highest BCUT2D eigenvalue weighted by molar-refractivity contribution is 6.02. The predicted octanol–water partition coefficient (Wildman–Crippen LogP) is 3.75. The molecule has 0 spiro atoms. The lowest BCUT2D eigenvalue weighted by molar-refractivity contribution is 0.430. The molecule has 0 unspecified atom stereocenters. The number of hydrogen-bond donors (Lipinski definition) is 3. The molecule has 32 heavy (non-hydrogen) atoms. The lowest BCUT2D eigenvalue weighted by Crippen LogP contribution is -2.42. The van der Waals surface area contributed by atoms with Crippen LogP contribution in [-0.4, -0.2) is 53.9 Å². The standard InChI is InChI=1S/C24H34N8/c1-6-11-27-15-20(4)31-24-29-16-21(17-30-24)18(2)14-28-19(3)7-8-23(25-5)32-22-9-12-26-13-10-22/h6-8,11,14-17,22,26H,4,9-10,12-13H2,1-3,5H3,(H,25,32)(H,29,30,31)/b8-7-,11-6-,18-14+,27-15?,28-19+. The van der Waals surface area contributed by atoms with Crippen molar-refractivity contribution < 1.29 is 0 Å². The van der Waals surface area contributed by atoms with Crippen LogP contribution in [0.2, 0.25) is 0 Å². The molecule has 0 aromatic carbocycles. The summed E-state index contributed by atoms with van der Waals surface area (Å²) in [6.07, 6.45) is 16.6. The number of rotatable bonds is 9. The molecule has 1 saturated heterocycles. The van der Waals surface area contributed by atoms with Gasteiger partial charge in [-0.05, 0) is 64.4 Å². The number of anilines is 1. The van der Waals surface area contributed by atoms with E-state index in [1.807, 2.05) is 45.2 Å². The molecule has 1 aliphatic heterocycles. The Bertz CT molecular complexity index is 914. The molecular weight excluding hydrogens is 400 g/mol. The number of allylic oxidation sites excluding steroid dienone is 4. The third-order valence-electron chi connectivity index (χ3n) is 4.72. The van der Waals surface area contributed by atoms with Crippen molar-refractivity contribution in [2.75, 3.05) is 25.5 Å². The van der Waals surface area contributed by atoms with E-state index in [1.165, 1.54) is 0 Å². The van der Waals surface area contributed by atoms with E-state index in [1.54, 1.807) is 31.9 Å². The number of aromatic nitrogens is 2. The molecule has 1 aromatic rings. The quantitative estimate of drug-likeness (QED) is 0.406. The maximum atomic E-state index is 4.53. The minimum atomic E-state index is 0.466. The molecule has 2 rings (SSSR count). The van der Waals surface area contributed by atoms with Crippen LogP contribution in [0, 0.1) is 0 Å². The minimum absolute atomic E-state index is 0.466. The Balaban J connectivity index is 1.93. The van der Waals surface area contributed by atoms with Gasteiger partial charge in [-0.2, -0.15) is 0 Å². The number of nitrogens with one attached hydrogen (secondary N) is 3. The first-order valence-electron chi connectivity index (χ1n) is 10.8. The first-order chi connectivity index (χ1) is 15.5. The van der Waals surface area contributed by atoms with Crippen molar-refractivity contribution in [1.29, 1.82) is 0 Å². The van der Waals surface area contributed by atoms with Crippen molar-refractivity contribution in [3.63, 3.8) is 0 Å². The Hall–Kier alpha value is -3.39. The van der Waals surface area contributed by atoms with Crippen LogP contribution < -0.4 is 16.0 Å². The summed E-state index contributed by atoms with van der Waals surface area (Å²) in [5.74, 6) is 1.34. The van der Waals surface area contributed by atoms with Gasteiger partial charge in [0.25, 0.3) is 0 Å². The SMILES string of the molecule is C=C(C=N/C=C\C)Nc1ncc(/C(C)=C/N=C(C)/C=C\C(=NC)NC2CCNCC2)cn1. The van der Waals surface area contributed by atoms with Crippen LogP contribution >= 0.6 is 0 Å². The van der Waals surface area contributed by atoms with Gasteiger partial charge >= 0.3 is 0 Å². The summed E-state index contributed by atoms with van der Waals surface area (Å²) in [5, 5.41) is 9.87. The molecule has 170 valence electrons. The van der Waals surface area contributed by atoms with Gasteiger partial charge in [0.05, 0.1) is 5.70 Å². The Kier molecular flexibility index (Phi) is 10.7. The maximum absolute atomic E-state index is 4.53. The largest absolute Gasteiger partial charge is 0.368 e. The smallest absolute Gasteiger partial charge is 0.227 e. The van der Waals surface area contributed by atoms with Gasteiger partial charge in [0.1, 0.15) is 5.84 Å². The van der Waals surface area contributed by atoms with Crippen LogP contribution in [0.1, 0.15) is 39.2 Å². The Morgan fingerprint density at radius 3 is 2.56 bits per heavy atom. The fourth-order valence-electron chi connectivity index (χ4n) is 2.87. The summed E-state index contributed by atoms with van der Waals surface area (Å²) in [5.41, 5.74) is 3.36. The Morgan fingerprint density at radius 2 is 1.91 bits per heavy atom. The molecule has 1 aromatic heterocycles. The maximum Gasteiger partial charge on any atom is 0.227 e. The van der Waals surface area contributed by atoms with Gasteiger partial charge in [0.2, 0.25) is 5.95 Å². The Labute approximate surface area is 191 Å². The highest BCUT2D eigenvalue weighted by Crippen LogP contribution is 2.13. The number of aliphatic imine (C=N–C) groups is 3. The van der Waals surface area contributed by atoms with Gasteiger partial charge < -0.3 is 16.0 Å². The van der Waals surface area contributed by atoms with E-state index in [4.69, 9.17) is 0 Å². The first-order valence-corrected chi connectivity index (χ1v) is 10.8. The van der Waals surface area contributed by atoms with Gasteiger partial charge in [0.15, 0.2) is 0 Å². The highest BCUT2D eigenvalue weighted by atomic mass is 15.1. The predicted molar refractivity (Wildman–Crippen MR) is 136 cm³/mol. The molecule has 1 aliphatic rings. The van der Waals surface area contributed by atoms with Gasteiger partial charge in [-0.15, -0.1) is 0 Å². The molecule has 8 nitrogen and oxygen atoms in total. The second-order valence-electron chi connectivity index (χ2n) is 7.40. The summed E-state index contributed by atoms with van der Waals surface area (Å²) >= 11 is 0. The van der Waals surface area contributed by atoms with Gasteiger partial charge in [0, 0.05) is 55.4 Å². The van der Waals surface area contributed by atoms with Crippen molar-refractivity contribution in [1.82, 2.24) is 20.6 Å². The zero-order valence-corrected chi connectivity index (χ0v) is 19.5. The second-order valence-corrected chi connectivity index (χ2v) is 7.40. The average Bonchev–Trinajstić information content (AvgIpc) is 2.81. The zero-order chi connectivity index (χ0) is 23.2. The summed E-state index contributed by atoms with van der Waals surface area (Å²) < 4.78 is 0. The van der Waals surface area contributed by atoms with Crippen LogP contribution in [0.3, 0.4) is 0 Å². The van der Waals surface area contributed by atoms with E-state index < -0.39 is 0 Å². The molecule has 8 heteroatoms. The molecule has 0 radical (unpaired) electrons. The van der Waals surface area contributed by atoms with E-state index in [9.17, 15) is 0 Å². The van der Waals surface area contributed by atoms with Crippen molar-refractivity contribution in [2.24, 2.45) is 15.0 Å². The van der Waals surface area contributed by atoms with E-state index in [0.717, 1.165) is 48.6 Å². The molecule has 0 atom stereocenters. The summed E-state index contributed by atoms with van der Waals surface area (Å²) in [4.78, 5) is 21.6. The number of amidine groups is 1. The van der Waals surface area contributed by atoms with Gasteiger partial charge in [-0.25, -0.2) is 9.97 Å². The van der Waals surface area contributed by atoms with E-state index in [2.05, 4.69) is 47.5 Å². The van der Waals surface area contributed by atoms with Gasteiger partial charge in [-0.1, -0.05) is 12.7 Å². The monoisotopic (exact) mass is 434 g/mol. The number of hydrogen-bond acceptors (Lipinski definition) is 7. The third-order valence-corrected chi connectivity index (χ3v) is 4.72. The van der Waals surface area contributed by atoms with Crippen molar-refractivity contribution in [3.05, 3.63) is 60.9 Å². The minimum Gasteiger partial charge on any atom is -0.368 e. The highest BCUT2D eigenvalue weighted by Gasteiger charge is 2.12. The summed E-state index contributed by atoms with van der Waals surface area (Å²) in [6.45, 7) is 11.8. The molecule has 3 N–H and O–H groups in total. The molecule has 0 aliphatic carbocycles. The van der Waals surface area contributed by atoms with Crippen LogP contribution in [0.5, 0.6) is 0 Å². The van der Waals surface area contributed by atoms with Gasteiger partial charge in [-0.3, -0.25) is 15.0 Å². The normalized spacial score (nSPS) is 16.9. The summed E-state index contributed by atoms with van der Waals surface area (Å²) in [7, 11) is 1.80. The van der Waals surface area contributed by atoms with E-state index >= 15 is 0 Å². The molecule has 2 heterocycles. The van der Waals surface area contributed by atoms with Crippen LogP contribution in [-0.2, 0) is 0 Å².